The number of hydrogen-bond donors (Lipinski definition) is 2. The third-order valence-corrected chi connectivity index (χ3v) is 3.04. The van der Waals surface area contributed by atoms with E-state index in [1.807, 2.05) is 38.4 Å². The van der Waals surface area contributed by atoms with Crippen LogP contribution in [0, 0.1) is 0 Å². The third-order valence-electron chi connectivity index (χ3n) is 3.04. The number of carbonyl (C=O) groups excluding carboxylic acids is 1. The predicted octanol–water partition coefficient (Wildman–Crippen LogP) is 1.37. The van der Waals surface area contributed by atoms with Crippen molar-refractivity contribution in [1.82, 2.24) is 15.2 Å². The topological polar surface area (TPSA) is 65.2 Å². The molecule has 21 heavy (non-hydrogen) atoms. The van der Waals surface area contributed by atoms with Gasteiger partial charge in [-0.3, -0.25) is 9.59 Å². The zero-order valence-electron chi connectivity index (χ0n) is 12.2. The maximum Gasteiger partial charge on any atom is 0.260 e. The van der Waals surface area contributed by atoms with Crippen LogP contribution in [-0.2, 0) is 13.1 Å². The monoisotopic (exact) mass is 285 g/mol. The Morgan fingerprint density at radius 3 is 2.43 bits per heavy atom. The van der Waals surface area contributed by atoms with Gasteiger partial charge in [0.25, 0.3) is 11.5 Å². The zero-order valence-corrected chi connectivity index (χ0v) is 12.2. The van der Waals surface area contributed by atoms with E-state index < -0.39 is 0 Å². The zero-order chi connectivity index (χ0) is 15.2. The van der Waals surface area contributed by atoms with E-state index in [4.69, 9.17) is 0 Å². The van der Waals surface area contributed by atoms with Crippen molar-refractivity contribution in [3.63, 3.8) is 0 Å². The van der Waals surface area contributed by atoms with E-state index >= 15 is 0 Å². The summed E-state index contributed by atoms with van der Waals surface area (Å²) >= 11 is 0. The van der Waals surface area contributed by atoms with E-state index in [2.05, 4.69) is 15.2 Å². The summed E-state index contributed by atoms with van der Waals surface area (Å²) in [7, 11) is 4.04. The van der Waals surface area contributed by atoms with Gasteiger partial charge in [0.2, 0.25) is 0 Å². The summed E-state index contributed by atoms with van der Waals surface area (Å²) in [6, 6.07) is 11.2. The highest BCUT2D eigenvalue weighted by Gasteiger charge is 2.08. The molecule has 0 aliphatic heterocycles. The lowest BCUT2D eigenvalue weighted by atomic mass is 10.1. The number of H-pyrrole nitrogens is 1. The van der Waals surface area contributed by atoms with E-state index in [1.165, 1.54) is 17.8 Å². The molecule has 2 aromatic rings. The van der Waals surface area contributed by atoms with Crippen LogP contribution in [0.3, 0.4) is 0 Å². The summed E-state index contributed by atoms with van der Waals surface area (Å²) in [5, 5.41) is 2.75. The summed E-state index contributed by atoms with van der Waals surface area (Å²) < 4.78 is 0. The Bertz CT molecular complexity index is 660. The number of rotatable bonds is 5. The molecule has 0 aliphatic rings. The smallest absolute Gasteiger partial charge is 0.260 e. The Hall–Kier alpha value is -2.40. The first-order valence-electron chi connectivity index (χ1n) is 6.74. The molecule has 1 amide bonds. The van der Waals surface area contributed by atoms with Gasteiger partial charge in [0.05, 0.1) is 0 Å². The molecular weight excluding hydrogens is 266 g/mol. The van der Waals surface area contributed by atoms with Gasteiger partial charge in [-0.2, -0.15) is 0 Å². The summed E-state index contributed by atoms with van der Waals surface area (Å²) in [6.07, 6.45) is 1.50. The van der Waals surface area contributed by atoms with Crippen LogP contribution in [-0.4, -0.2) is 29.9 Å². The van der Waals surface area contributed by atoms with E-state index in [0.29, 0.717) is 6.54 Å². The van der Waals surface area contributed by atoms with Crippen molar-refractivity contribution < 1.29 is 4.79 Å². The van der Waals surface area contributed by atoms with E-state index in [9.17, 15) is 9.59 Å². The minimum atomic E-state index is -0.378. The van der Waals surface area contributed by atoms with Gasteiger partial charge in [-0.25, -0.2) is 0 Å². The first kappa shape index (κ1) is 15.0. The molecule has 1 aromatic carbocycles. The molecule has 0 radical (unpaired) electrons. The molecule has 2 N–H and O–H groups in total. The van der Waals surface area contributed by atoms with Gasteiger partial charge in [-0.15, -0.1) is 0 Å². The van der Waals surface area contributed by atoms with E-state index in [-0.39, 0.29) is 17.0 Å². The summed E-state index contributed by atoms with van der Waals surface area (Å²) in [4.78, 5) is 28.0. The normalized spacial score (nSPS) is 10.6. The largest absolute Gasteiger partial charge is 0.348 e. The van der Waals surface area contributed by atoms with Crippen molar-refractivity contribution in [2.24, 2.45) is 0 Å². The van der Waals surface area contributed by atoms with Gasteiger partial charge >= 0.3 is 0 Å². The van der Waals surface area contributed by atoms with Crippen molar-refractivity contribution in [1.29, 1.82) is 0 Å². The maximum atomic E-state index is 11.9. The van der Waals surface area contributed by atoms with Crippen LogP contribution in [0.1, 0.15) is 21.5 Å². The molecule has 2 rings (SSSR count). The molecule has 5 heteroatoms. The number of pyridine rings is 1. The van der Waals surface area contributed by atoms with Gasteiger partial charge in [0, 0.05) is 19.3 Å². The lowest BCUT2D eigenvalue weighted by Crippen LogP contribution is -2.28. The number of carbonyl (C=O) groups is 1. The number of aromatic amines is 1. The van der Waals surface area contributed by atoms with E-state index in [1.54, 1.807) is 6.07 Å². The molecule has 0 bridgehead atoms. The molecule has 0 saturated heterocycles. The number of amides is 1. The fraction of sp³-hybridized carbons (Fsp3) is 0.250. The van der Waals surface area contributed by atoms with Crippen LogP contribution >= 0.6 is 0 Å². The summed E-state index contributed by atoms with van der Waals surface area (Å²) in [5.74, 6) is -0.366. The van der Waals surface area contributed by atoms with Crippen LogP contribution in [0.2, 0.25) is 0 Å². The summed E-state index contributed by atoms with van der Waals surface area (Å²) in [5.41, 5.74) is 1.96. The second-order valence-electron chi connectivity index (χ2n) is 5.15. The lowest BCUT2D eigenvalue weighted by molar-refractivity contribution is 0.0949. The Balaban J connectivity index is 1.95. The van der Waals surface area contributed by atoms with Crippen LogP contribution in [0.25, 0.3) is 0 Å². The highest BCUT2D eigenvalue weighted by molar-refractivity contribution is 5.93. The molecule has 0 spiro atoms. The van der Waals surface area contributed by atoms with E-state index in [0.717, 1.165) is 12.1 Å². The number of nitrogens with zero attached hydrogens (tertiary/aromatic N) is 1. The molecule has 1 heterocycles. The highest BCUT2D eigenvalue weighted by atomic mass is 16.2. The number of hydrogen-bond acceptors (Lipinski definition) is 3. The van der Waals surface area contributed by atoms with Crippen molar-refractivity contribution in [2.45, 2.75) is 13.1 Å². The Morgan fingerprint density at radius 2 is 1.81 bits per heavy atom. The average Bonchev–Trinajstić information content (AvgIpc) is 2.46. The minimum Gasteiger partial charge on any atom is -0.348 e. The van der Waals surface area contributed by atoms with Crippen molar-refractivity contribution >= 4 is 5.91 Å². The highest BCUT2D eigenvalue weighted by Crippen LogP contribution is 2.06. The molecule has 0 aliphatic carbocycles. The van der Waals surface area contributed by atoms with Crippen molar-refractivity contribution in [3.05, 3.63) is 69.6 Å². The number of aromatic nitrogens is 1. The van der Waals surface area contributed by atoms with Gasteiger partial charge < -0.3 is 15.2 Å². The van der Waals surface area contributed by atoms with Gasteiger partial charge in [0.1, 0.15) is 5.56 Å². The Labute approximate surface area is 123 Å². The van der Waals surface area contributed by atoms with Gasteiger partial charge in [-0.1, -0.05) is 24.3 Å². The Morgan fingerprint density at radius 1 is 1.14 bits per heavy atom. The summed E-state index contributed by atoms with van der Waals surface area (Å²) in [6.45, 7) is 1.28. The number of nitrogens with one attached hydrogen (secondary N) is 2. The van der Waals surface area contributed by atoms with Crippen molar-refractivity contribution in [2.75, 3.05) is 14.1 Å². The number of benzene rings is 1. The second-order valence-corrected chi connectivity index (χ2v) is 5.15. The molecule has 0 atom stereocenters. The third kappa shape index (κ3) is 4.29. The first-order valence-corrected chi connectivity index (χ1v) is 6.74. The molecule has 0 fully saturated rings. The standard InChI is InChI=1S/C16H19N3O2/c1-19(2)11-13-7-5-12(6-8-13)10-18-16(21)14-4-3-9-17-15(14)20/h3-9H,10-11H2,1-2H3,(H,17,20)(H,18,21). The molecule has 5 nitrogen and oxygen atoms in total. The maximum absolute atomic E-state index is 11.9. The average molecular weight is 285 g/mol. The van der Waals surface area contributed by atoms with Crippen LogP contribution in [0.15, 0.2) is 47.4 Å². The fourth-order valence-corrected chi connectivity index (χ4v) is 2.01. The minimum absolute atomic E-state index is 0.127. The SMILES string of the molecule is CN(C)Cc1ccc(CNC(=O)c2ccc[nH]c2=O)cc1. The molecule has 0 saturated carbocycles. The van der Waals surface area contributed by atoms with Gasteiger partial charge in [-0.05, 0) is 37.4 Å². The molecule has 110 valence electrons. The quantitative estimate of drug-likeness (QED) is 0.872. The lowest BCUT2D eigenvalue weighted by Gasteiger charge is -2.10. The Kier molecular flexibility index (Phi) is 4.90. The second kappa shape index (κ2) is 6.85. The molecule has 0 unspecified atom stereocenters. The van der Waals surface area contributed by atoms with Crippen LogP contribution in [0.4, 0.5) is 0 Å². The molecular formula is C16H19N3O2. The van der Waals surface area contributed by atoms with Crippen LogP contribution < -0.4 is 10.9 Å². The first-order chi connectivity index (χ1) is 10.1. The fourth-order valence-electron chi connectivity index (χ4n) is 2.01. The van der Waals surface area contributed by atoms with Crippen LogP contribution in [0.5, 0.6) is 0 Å². The van der Waals surface area contributed by atoms with Gasteiger partial charge in [0.15, 0.2) is 0 Å². The molecule has 1 aromatic heterocycles. The van der Waals surface area contributed by atoms with Crippen molar-refractivity contribution in [3.8, 4) is 0 Å². The predicted molar refractivity (Wildman–Crippen MR) is 82.1 cm³/mol.